The molecule has 7 nitrogen and oxygen atoms in total. The van der Waals surface area contributed by atoms with Gasteiger partial charge in [-0.05, 0) is 12.1 Å². The van der Waals surface area contributed by atoms with Crippen LogP contribution < -0.4 is 17.3 Å². The summed E-state index contributed by atoms with van der Waals surface area (Å²) in [7, 11) is -3.81. The second-order valence-corrected chi connectivity index (χ2v) is 7.68. The summed E-state index contributed by atoms with van der Waals surface area (Å²) in [6.45, 7) is 1.29. The van der Waals surface area contributed by atoms with Crippen molar-refractivity contribution < 1.29 is 35.0 Å². The standard InChI is InChI=1S/C16H16FN3O4S.ClH/c17-15-6-1-2-7-16(15)18-8-10-19(11-9-18)25(23,24)14-5-3-4-13(12-14)20(21)22;/h1-7,12H,8-11H2;1H. The van der Waals surface area contributed by atoms with E-state index < -0.39 is 14.9 Å². The number of sulfonamides is 1. The fourth-order valence-corrected chi connectivity index (χ4v) is 4.40. The molecule has 1 fully saturated rings. The lowest BCUT2D eigenvalue weighted by Crippen LogP contribution is -3.10. The lowest BCUT2D eigenvalue weighted by atomic mass is 10.2. The highest BCUT2D eigenvalue weighted by atomic mass is 35.5. The number of rotatable bonds is 4. The van der Waals surface area contributed by atoms with Gasteiger partial charge in [-0.1, -0.05) is 18.2 Å². The van der Waals surface area contributed by atoms with Crippen molar-refractivity contribution in [2.24, 2.45) is 0 Å². The van der Waals surface area contributed by atoms with E-state index in [1.54, 1.807) is 18.2 Å². The van der Waals surface area contributed by atoms with E-state index in [0.717, 1.165) is 11.0 Å². The SMILES string of the molecule is O=[N+]([O-])c1cccc(S(=O)(=O)N2CC[NH+](c3ccccc3F)CC2)c1.[Cl-]. The van der Waals surface area contributed by atoms with E-state index in [1.807, 2.05) is 0 Å². The molecule has 0 aromatic heterocycles. The molecule has 140 valence electrons. The van der Waals surface area contributed by atoms with E-state index in [9.17, 15) is 22.9 Å². The van der Waals surface area contributed by atoms with Gasteiger partial charge in [0.2, 0.25) is 10.0 Å². The molecule has 1 aliphatic rings. The molecule has 1 heterocycles. The average Bonchev–Trinajstić information content (AvgIpc) is 2.62. The number of nitrogens with zero attached hydrogens (tertiary/aromatic N) is 2. The summed E-state index contributed by atoms with van der Waals surface area (Å²) in [5.74, 6) is -0.313. The number of nitro benzene ring substituents is 1. The van der Waals surface area contributed by atoms with Gasteiger partial charge in [0.05, 0.1) is 36.0 Å². The number of hydrogen-bond donors (Lipinski definition) is 1. The summed E-state index contributed by atoms with van der Waals surface area (Å²) in [5.41, 5.74) is 0.256. The van der Waals surface area contributed by atoms with E-state index >= 15 is 0 Å². The molecule has 0 bridgehead atoms. The summed E-state index contributed by atoms with van der Waals surface area (Å²) in [6, 6.07) is 11.4. The Labute approximate surface area is 156 Å². The van der Waals surface area contributed by atoms with Crippen LogP contribution in [-0.2, 0) is 10.0 Å². The zero-order chi connectivity index (χ0) is 18.0. The van der Waals surface area contributed by atoms with Crippen molar-refractivity contribution in [3.63, 3.8) is 0 Å². The summed E-state index contributed by atoms with van der Waals surface area (Å²) >= 11 is 0. The molecule has 1 N–H and O–H groups in total. The van der Waals surface area contributed by atoms with Crippen LogP contribution >= 0.6 is 0 Å². The van der Waals surface area contributed by atoms with Crippen LogP contribution in [0.3, 0.4) is 0 Å². The first-order valence-electron chi connectivity index (χ1n) is 7.74. The van der Waals surface area contributed by atoms with Crippen molar-refractivity contribution in [1.82, 2.24) is 4.31 Å². The number of nitrogens with one attached hydrogen (secondary N) is 1. The fourth-order valence-electron chi connectivity index (χ4n) is 2.92. The van der Waals surface area contributed by atoms with Crippen LogP contribution in [0.4, 0.5) is 15.8 Å². The van der Waals surface area contributed by atoms with Gasteiger partial charge in [0.1, 0.15) is 0 Å². The Morgan fingerprint density at radius 2 is 1.73 bits per heavy atom. The molecule has 0 amide bonds. The van der Waals surface area contributed by atoms with E-state index in [1.165, 1.54) is 28.6 Å². The van der Waals surface area contributed by atoms with Crippen molar-refractivity contribution >= 4 is 21.4 Å². The zero-order valence-corrected chi connectivity index (χ0v) is 15.2. The van der Waals surface area contributed by atoms with Gasteiger partial charge in [-0.25, -0.2) is 12.8 Å². The van der Waals surface area contributed by atoms with Crippen LogP contribution in [0.1, 0.15) is 0 Å². The maximum Gasteiger partial charge on any atom is 0.270 e. The number of non-ortho nitro benzene ring substituents is 1. The monoisotopic (exact) mass is 401 g/mol. The predicted molar refractivity (Wildman–Crippen MR) is 88.6 cm³/mol. The molecular formula is C16H17ClFN3O4S. The number of benzene rings is 2. The molecule has 26 heavy (non-hydrogen) atoms. The van der Waals surface area contributed by atoms with Gasteiger partial charge in [-0.15, -0.1) is 0 Å². The number of hydrogen-bond acceptors (Lipinski definition) is 4. The van der Waals surface area contributed by atoms with Crippen molar-refractivity contribution in [3.8, 4) is 0 Å². The van der Waals surface area contributed by atoms with E-state index in [0.29, 0.717) is 18.8 Å². The first kappa shape index (κ1) is 20.2. The Kier molecular flexibility index (Phi) is 6.30. The molecule has 1 saturated heterocycles. The highest BCUT2D eigenvalue weighted by molar-refractivity contribution is 7.89. The van der Waals surface area contributed by atoms with Crippen LogP contribution in [0, 0.1) is 15.9 Å². The Bertz CT molecular complexity index is 902. The molecule has 0 aliphatic carbocycles. The van der Waals surface area contributed by atoms with Gasteiger partial charge in [-0.3, -0.25) is 15.0 Å². The van der Waals surface area contributed by atoms with E-state index in [4.69, 9.17) is 0 Å². The number of quaternary nitrogens is 1. The average molecular weight is 402 g/mol. The van der Waals surface area contributed by atoms with Crippen LogP contribution in [0.2, 0.25) is 0 Å². The lowest BCUT2D eigenvalue weighted by Gasteiger charge is -2.31. The summed E-state index contributed by atoms with van der Waals surface area (Å²) in [5, 5.41) is 10.8. The quantitative estimate of drug-likeness (QED) is 0.472. The lowest BCUT2D eigenvalue weighted by molar-refractivity contribution is -0.838. The highest BCUT2D eigenvalue weighted by Gasteiger charge is 2.32. The maximum atomic E-state index is 13.9. The Morgan fingerprint density at radius 1 is 1.08 bits per heavy atom. The second kappa shape index (κ2) is 8.09. The molecular weight excluding hydrogens is 385 g/mol. The number of piperazine rings is 1. The highest BCUT2D eigenvalue weighted by Crippen LogP contribution is 2.21. The van der Waals surface area contributed by atoms with Gasteiger partial charge < -0.3 is 12.4 Å². The van der Waals surface area contributed by atoms with Crippen molar-refractivity contribution in [1.29, 1.82) is 0 Å². The van der Waals surface area contributed by atoms with Gasteiger partial charge in [0.25, 0.3) is 5.69 Å². The Balaban J connectivity index is 0.00000243. The van der Waals surface area contributed by atoms with Crippen molar-refractivity contribution in [2.45, 2.75) is 4.90 Å². The minimum atomic E-state index is -3.81. The van der Waals surface area contributed by atoms with Crippen LogP contribution in [-0.4, -0.2) is 43.8 Å². The topological polar surface area (TPSA) is 85.0 Å². The second-order valence-electron chi connectivity index (χ2n) is 5.74. The minimum Gasteiger partial charge on any atom is -1.00 e. The van der Waals surface area contributed by atoms with Gasteiger partial charge >= 0.3 is 0 Å². The van der Waals surface area contributed by atoms with Gasteiger partial charge in [-0.2, -0.15) is 4.31 Å². The third-order valence-corrected chi connectivity index (χ3v) is 6.14. The smallest absolute Gasteiger partial charge is 0.270 e. The Hall–Kier alpha value is -2.07. The normalized spacial score (nSPS) is 16.0. The third kappa shape index (κ3) is 4.01. The van der Waals surface area contributed by atoms with E-state index in [2.05, 4.69) is 0 Å². The van der Waals surface area contributed by atoms with Crippen molar-refractivity contribution in [2.75, 3.05) is 26.2 Å². The van der Waals surface area contributed by atoms with Crippen LogP contribution in [0.5, 0.6) is 0 Å². The molecule has 0 radical (unpaired) electrons. The summed E-state index contributed by atoms with van der Waals surface area (Å²) < 4.78 is 40.5. The third-order valence-electron chi connectivity index (χ3n) is 4.25. The first-order valence-corrected chi connectivity index (χ1v) is 9.18. The molecule has 0 unspecified atom stereocenters. The number of halogens is 2. The van der Waals surface area contributed by atoms with Crippen LogP contribution in [0.15, 0.2) is 53.4 Å². The molecule has 0 saturated carbocycles. The first-order chi connectivity index (χ1) is 11.9. The van der Waals surface area contributed by atoms with E-state index in [-0.39, 0.29) is 41.9 Å². The fraction of sp³-hybridized carbons (Fsp3) is 0.250. The molecule has 2 aromatic carbocycles. The number of para-hydroxylation sites is 1. The minimum absolute atomic E-state index is 0. The molecule has 1 aliphatic heterocycles. The zero-order valence-electron chi connectivity index (χ0n) is 13.6. The largest absolute Gasteiger partial charge is 1.00 e. The van der Waals surface area contributed by atoms with Gasteiger partial charge in [0.15, 0.2) is 11.5 Å². The molecule has 0 spiro atoms. The summed E-state index contributed by atoms with van der Waals surface area (Å²) in [4.78, 5) is 11.0. The summed E-state index contributed by atoms with van der Waals surface area (Å²) in [6.07, 6.45) is 0. The molecule has 3 rings (SSSR count). The van der Waals surface area contributed by atoms with Crippen molar-refractivity contribution in [3.05, 3.63) is 64.5 Å². The molecule has 2 aromatic rings. The number of nitro groups is 1. The maximum absolute atomic E-state index is 13.9. The molecule has 10 heteroatoms. The van der Waals surface area contributed by atoms with Gasteiger partial charge in [0, 0.05) is 18.2 Å². The molecule has 0 atom stereocenters. The van der Waals surface area contributed by atoms with Crippen LogP contribution in [0.25, 0.3) is 0 Å². The Morgan fingerprint density at radius 3 is 2.35 bits per heavy atom. The predicted octanol–water partition coefficient (Wildman–Crippen LogP) is -2.04.